The van der Waals surface area contributed by atoms with E-state index in [1.54, 1.807) is 30.6 Å². The summed E-state index contributed by atoms with van der Waals surface area (Å²) in [5.41, 5.74) is -1.61. The van der Waals surface area contributed by atoms with E-state index in [1.165, 1.54) is 22.2 Å². The first kappa shape index (κ1) is 19.8. The number of pyridine rings is 1. The molecule has 0 aliphatic carbocycles. The van der Waals surface area contributed by atoms with Crippen LogP contribution in [0.2, 0.25) is 0 Å². The third kappa shape index (κ3) is 4.49. The third-order valence-corrected chi connectivity index (χ3v) is 5.22. The Morgan fingerprint density at radius 1 is 1.50 bits per heavy atom. The second-order valence-corrected chi connectivity index (χ2v) is 7.31. The number of halogens is 3. The van der Waals surface area contributed by atoms with Gasteiger partial charge in [0.2, 0.25) is 5.91 Å². The van der Waals surface area contributed by atoms with Crippen LogP contribution < -0.4 is 10.00 Å². The summed E-state index contributed by atoms with van der Waals surface area (Å²) < 4.78 is 46.5. The molecular weight excluding hydrogens is 415 g/mol. The highest BCUT2D eigenvalue weighted by Gasteiger charge is 2.36. The van der Waals surface area contributed by atoms with E-state index < -0.39 is 23.2 Å². The van der Waals surface area contributed by atoms with Crippen molar-refractivity contribution in [2.24, 2.45) is 7.05 Å². The number of carbonyl (C=O) groups is 1. The maximum Gasteiger partial charge on any atom is 0.417 e. The number of nitriles is 1. The van der Waals surface area contributed by atoms with Crippen LogP contribution in [-0.2, 0) is 18.0 Å². The first-order valence-corrected chi connectivity index (χ1v) is 9.46. The molecule has 3 rings (SSSR count). The first-order chi connectivity index (χ1) is 13.3. The van der Waals surface area contributed by atoms with Crippen molar-refractivity contribution in [2.45, 2.75) is 11.2 Å². The van der Waals surface area contributed by atoms with E-state index in [2.05, 4.69) is 15.6 Å². The number of nitrogens with one attached hydrogen (secondary N) is 1. The van der Waals surface area contributed by atoms with Crippen molar-refractivity contribution in [1.82, 2.24) is 10.3 Å². The Bertz CT molecular complexity index is 1040. The summed E-state index contributed by atoms with van der Waals surface area (Å²) >= 11 is 1.96. The number of rotatable bonds is 5. The number of hydrogen-bond acceptors (Lipinski definition) is 7. The van der Waals surface area contributed by atoms with Crippen LogP contribution in [0.15, 0.2) is 39.3 Å². The van der Waals surface area contributed by atoms with Gasteiger partial charge in [0, 0.05) is 0 Å². The van der Waals surface area contributed by atoms with Crippen molar-refractivity contribution >= 4 is 34.9 Å². The molecule has 144 valence electrons. The molecule has 0 bridgehead atoms. The van der Waals surface area contributed by atoms with Crippen LogP contribution in [0.3, 0.4) is 0 Å². The molecular formula is C16H11F3N5O2S2+. The van der Waals surface area contributed by atoms with Gasteiger partial charge in [-0.3, -0.25) is 14.6 Å². The Kier molecular flexibility index (Phi) is 5.66. The summed E-state index contributed by atoms with van der Waals surface area (Å²) in [4.78, 5) is 16.7. The predicted molar refractivity (Wildman–Crippen MR) is 94.3 cm³/mol. The molecule has 0 saturated heterocycles. The molecule has 3 aromatic heterocycles. The molecule has 0 atom stereocenters. The second kappa shape index (κ2) is 7.99. The number of carbonyl (C=O) groups excluding carboxylic acids is 1. The molecule has 0 radical (unpaired) electrons. The molecule has 0 spiro atoms. The number of nitrogens with zero attached hydrogens (tertiary/aromatic N) is 4. The lowest BCUT2D eigenvalue weighted by molar-refractivity contribution is -0.739. The zero-order chi connectivity index (χ0) is 20.3. The van der Waals surface area contributed by atoms with Gasteiger partial charge in [0.05, 0.1) is 27.5 Å². The van der Waals surface area contributed by atoms with E-state index in [9.17, 15) is 23.2 Å². The maximum absolute atomic E-state index is 13.4. The number of thiophene rings is 1. The van der Waals surface area contributed by atoms with Gasteiger partial charge in [0.15, 0.2) is 12.3 Å². The molecule has 0 unspecified atom stereocenters. The topological polar surface area (TPSA) is 95.7 Å². The number of aromatic nitrogens is 3. The zero-order valence-electron chi connectivity index (χ0n) is 14.1. The highest BCUT2D eigenvalue weighted by Crippen LogP contribution is 2.38. The van der Waals surface area contributed by atoms with Crippen LogP contribution in [0.1, 0.15) is 11.1 Å². The highest BCUT2D eigenvalue weighted by atomic mass is 32.2. The lowest BCUT2D eigenvalue weighted by atomic mass is 10.1. The molecule has 0 saturated carbocycles. The molecule has 0 aliphatic heterocycles. The van der Waals surface area contributed by atoms with Gasteiger partial charge in [0.25, 0.3) is 6.20 Å². The van der Waals surface area contributed by atoms with Crippen LogP contribution in [0.25, 0.3) is 10.6 Å². The van der Waals surface area contributed by atoms with Crippen molar-refractivity contribution in [2.75, 3.05) is 11.1 Å². The average Bonchev–Trinajstić information content (AvgIpc) is 3.30. The molecule has 1 amide bonds. The molecule has 12 heteroatoms. The number of alkyl halides is 3. The van der Waals surface area contributed by atoms with Gasteiger partial charge in [-0.15, -0.1) is 11.3 Å². The average molecular weight is 426 g/mol. The lowest BCUT2D eigenvalue weighted by Crippen LogP contribution is -2.28. The SMILES string of the molecule is C[n+]1cc(NC(=O)CSc2nc(-c3cccs3)cc(C(F)(F)F)c2C#N)on1. The molecule has 0 aliphatic rings. The number of aryl methyl sites for hydroxylation is 1. The zero-order valence-corrected chi connectivity index (χ0v) is 15.8. The minimum atomic E-state index is -4.73. The maximum atomic E-state index is 13.4. The molecule has 7 nitrogen and oxygen atoms in total. The van der Waals surface area contributed by atoms with E-state index in [-0.39, 0.29) is 22.4 Å². The second-order valence-electron chi connectivity index (χ2n) is 5.40. The fraction of sp³-hybridized carbons (Fsp3) is 0.188. The molecule has 3 heterocycles. The van der Waals surface area contributed by atoms with Crippen LogP contribution in [0.4, 0.5) is 19.1 Å². The Balaban J connectivity index is 1.89. The van der Waals surface area contributed by atoms with E-state index in [0.717, 1.165) is 17.8 Å². The lowest BCUT2D eigenvalue weighted by Gasteiger charge is -2.13. The number of anilines is 1. The minimum Gasteiger partial charge on any atom is -0.288 e. The monoisotopic (exact) mass is 426 g/mol. The van der Waals surface area contributed by atoms with Crippen molar-refractivity contribution < 1.29 is 27.2 Å². The smallest absolute Gasteiger partial charge is 0.288 e. The van der Waals surface area contributed by atoms with Gasteiger partial charge in [-0.05, 0) is 17.5 Å². The summed E-state index contributed by atoms with van der Waals surface area (Å²) in [7, 11) is 1.59. The van der Waals surface area contributed by atoms with Gasteiger partial charge in [-0.25, -0.2) is 4.98 Å². The van der Waals surface area contributed by atoms with Gasteiger partial charge in [-0.2, -0.15) is 18.4 Å². The van der Waals surface area contributed by atoms with Crippen LogP contribution in [-0.4, -0.2) is 21.9 Å². The van der Waals surface area contributed by atoms with Gasteiger partial charge >= 0.3 is 12.1 Å². The standard InChI is InChI=1S/C16H10F3N5O2S2/c1-24-7-14(26-23-24)22-13(25)8-28-15-9(6-20)10(16(17,18)19)5-11(21-15)12-3-2-4-27-12/h2-5,7H,8H2,1H3/p+1. The summed E-state index contributed by atoms with van der Waals surface area (Å²) in [6.45, 7) is 0. The van der Waals surface area contributed by atoms with Crippen LogP contribution >= 0.6 is 23.1 Å². The Morgan fingerprint density at radius 2 is 2.29 bits per heavy atom. The molecule has 28 heavy (non-hydrogen) atoms. The van der Waals surface area contributed by atoms with Crippen LogP contribution in [0.5, 0.6) is 0 Å². The van der Waals surface area contributed by atoms with Gasteiger partial charge in [-0.1, -0.05) is 22.5 Å². The summed E-state index contributed by atoms with van der Waals surface area (Å²) in [5.74, 6) is -0.718. The fourth-order valence-electron chi connectivity index (χ4n) is 2.20. The fourth-order valence-corrected chi connectivity index (χ4v) is 3.68. The van der Waals surface area contributed by atoms with E-state index in [4.69, 9.17) is 4.52 Å². The quantitative estimate of drug-likeness (QED) is 0.497. The van der Waals surface area contributed by atoms with Crippen molar-refractivity contribution in [3.05, 3.63) is 40.9 Å². The van der Waals surface area contributed by atoms with Crippen molar-refractivity contribution in [1.29, 1.82) is 5.26 Å². The van der Waals surface area contributed by atoms with E-state index in [0.29, 0.717) is 4.88 Å². The predicted octanol–water partition coefficient (Wildman–Crippen LogP) is 3.24. The molecule has 3 aromatic rings. The third-order valence-electron chi connectivity index (χ3n) is 3.35. The van der Waals surface area contributed by atoms with Crippen molar-refractivity contribution in [3.63, 3.8) is 0 Å². The summed E-state index contributed by atoms with van der Waals surface area (Å²) in [6.07, 6.45) is -3.31. The molecule has 0 aromatic carbocycles. The number of amides is 1. The largest absolute Gasteiger partial charge is 0.417 e. The van der Waals surface area contributed by atoms with Crippen molar-refractivity contribution in [3.8, 4) is 16.6 Å². The van der Waals surface area contributed by atoms with E-state index in [1.807, 2.05) is 0 Å². The summed E-state index contributed by atoms with van der Waals surface area (Å²) in [5, 5.41) is 16.8. The van der Waals surface area contributed by atoms with E-state index >= 15 is 0 Å². The number of hydrogen-bond donors (Lipinski definition) is 1. The highest BCUT2D eigenvalue weighted by molar-refractivity contribution is 8.00. The normalized spacial score (nSPS) is 11.2. The Morgan fingerprint density at radius 3 is 2.86 bits per heavy atom. The van der Waals surface area contributed by atoms with Gasteiger partial charge in [0.1, 0.15) is 11.1 Å². The molecule has 1 N–H and O–H groups in total. The minimum absolute atomic E-state index is 0.0879. The Hall–Kier alpha value is -2.91. The number of thioether (sulfide) groups is 1. The summed E-state index contributed by atoms with van der Waals surface area (Å²) in [6, 6.07) is 5.72. The van der Waals surface area contributed by atoms with Gasteiger partial charge < -0.3 is 0 Å². The first-order valence-electron chi connectivity index (χ1n) is 7.59. The van der Waals surface area contributed by atoms with Crippen LogP contribution in [0, 0.1) is 11.3 Å². The molecule has 0 fully saturated rings. The Labute approximate surface area is 164 Å².